The minimum atomic E-state index is -0.563. The Morgan fingerprint density at radius 3 is 2.32 bits per heavy atom. The quantitative estimate of drug-likeness (QED) is 0.603. The number of carbonyl (C=O) groups is 3. The molecule has 0 bridgehead atoms. The van der Waals surface area contributed by atoms with E-state index in [2.05, 4.69) is 16.0 Å². The van der Waals surface area contributed by atoms with E-state index in [1.54, 1.807) is 20.8 Å². The van der Waals surface area contributed by atoms with Crippen LogP contribution in [0.5, 0.6) is 0 Å². The summed E-state index contributed by atoms with van der Waals surface area (Å²) in [6, 6.07) is -0.136. The molecule has 0 spiro atoms. The van der Waals surface area contributed by atoms with Crippen LogP contribution in [0.15, 0.2) is 0 Å². The van der Waals surface area contributed by atoms with Gasteiger partial charge in [-0.2, -0.15) is 0 Å². The molecule has 28 heavy (non-hydrogen) atoms. The molecule has 0 aromatic rings. The highest BCUT2D eigenvalue weighted by atomic mass is 16.6. The van der Waals surface area contributed by atoms with E-state index in [4.69, 9.17) is 4.74 Å². The zero-order valence-corrected chi connectivity index (χ0v) is 17.6. The van der Waals surface area contributed by atoms with Gasteiger partial charge in [-0.25, -0.2) is 4.79 Å². The van der Waals surface area contributed by atoms with Gasteiger partial charge in [0.25, 0.3) is 0 Å². The minimum absolute atomic E-state index is 0.00242. The van der Waals surface area contributed by atoms with Crippen molar-refractivity contribution in [1.29, 1.82) is 0 Å². The van der Waals surface area contributed by atoms with Gasteiger partial charge in [0.1, 0.15) is 12.1 Å². The van der Waals surface area contributed by atoms with E-state index >= 15 is 0 Å². The molecule has 0 aromatic carbocycles. The Morgan fingerprint density at radius 2 is 1.64 bits per heavy atom. The first-order chi connectivity index (χ1) is 13.2. The molecule has 7 nitrogen and oxygen atoms in total. The molecule has 0 radical (unpaired) electrons. The Bertz CT molecular complexity index is 538. The smallest absolute Gasteiger partial charge is 0.325 e. The molecule has 2 unspecified atom stereocenters. The lowest BCUT2D eigenvalue weighted by Gasteiger charge is -2.29. The number of ether oxygens (including phenoxy) is 1. The fourth-order valence-corrected chi connectivity index (χ4v) is 4.10. The average Bonchev–Trinajstić information content (AvgIpc) is 2.64. The molecular weight excluding hydrogens is 358 g/mol. The van der Waals surface area contributed by atoms with Gasteiger partial charge in [-0.05, 0) is 58.8 Å². The van der Waals surface area contributed by atoms with Crippen LogP contribution in [0.3, 0.4) is 0 Å². The maximum Gasteiger partial charge on any atom is 0.325 e. The number of nitrogens with one attached hydrogen (secondary N) is 3. The number of urea groups is 1. The van der Waals surface area contributed by atoms with E-state index in [9.17, 15) is 14.4 Å². The van der Waals surface area contributed by atoms with Gasteiger partial charge < -0.3 is 20.7 Å². The van der Waals surface area contributed by atoms with Crippen LogP contribution in [-0.2, 0) is 14.3 Å². The summed E-state index contributed by atoms with van der Waals surface area (Å²) in [5.41, 5.74) is -0.563. The Hall–Kier alpha value is -1.79. The lowest BCUT2D eigenvalue weighted by molar-refractivity contribution is -0.154. The summed E-state index contributed by atoms with van der Waals surface area (Å²) in [7, 11) is 0. The minimum Gasteiger partial charge on any atom is -0.459 e. The van der Waals surface area contributed by atoms with Crippen molar-refractivity contribution in [3.8, 4) is 0 Å². The van der Waals surface area contributed by atoms with Crippen molar-refractivity contribution in [1.82, 2.24) is 16.0 Å². The van der Waals surface area contributed by atoms with Crippen molar-refractivity contribution in [2.45, 2.75) is 90.2 Å². The van der Waals surface area contributed by atoms with Crippen LogP contribution in [0.4, 0.5) is 4.79 Å². The highest BCUT2D eigenvalue weighted by Crippen LogP contribution is 2.25. The third kappa shape index (κ3) is 8.48. The number of amides is 3. The van der Waals surface area contributed by atoms with Gasteiger partial charge in [0.15, 0.2) is 0 Å². The van der Waals surface area contributed by atoms with Crippen LogP contribution in [0.2, 0.25) is 0 Å². The van der Waals surface area contributed by atoms with E-state index in [0.29, 0.717) is 12.3 Å². The molecule has 7 heteroatoms. The number of esters is 1. The van der Waals surface area contributed by atoms with Crippen molar-refractivity contribution in [3.05, 3.63) is 0 Å². The molecule has 2 aliphatic rings. The van der Waals surface area contributed by atoms with E-state index in [-0.39, 0.29) is 30.4 Å². The van der Waals surface area contributed by atoms with Crippen molar-refractivity contribution in [2.24, 2.45) is 11.8 Å². The second-order valence-corrected chi connectivity index (χ2v) is 9.22. The molecular formula is C21H37N3O4. The summed E-state index contributed by atoms with van der Waals surface area (Å²) in [6.45, 7) is 6.00. The molecule has 0 heterocycles. The monoisotopic (exact) mass is 395 g/mol. The molecule has 160 valence electrons. The molecule has 3 N–H and O–H groups in total. The molecule has 2 saturated carbocycles. The first-order valence-electron chi connectivity index (χ1n) is 10.8. The summed E-state index contributed by atoms with van der Waals surface area (Å²) in [5, 5.41) is 8.69. The van der Waals surface area contributed by atoms with Crippen LogP contribution in [0, 0.1) is 11.8 Å². The van der Waals surface area contributed by atoms with Crippen molar-refractivity contribution in [3.63, 3.8) is 0 Å². The normalized spacial score (nSPS) is 23.5. The molecule has 2 aliphatic carbocycles. The number of carbonyl (C=O) groups excluding carboxylic acids is 3. The van der Waals surface area contributed by atoms with Crippen molar-refractivity contribution >= 4 is 17.9 Å². The first-order valence-corrected chi connectivity index (χ1v) is 10.8. The van der Waals surface area contributed by atoms with E-state index in [1.165, 1.54) is 32.1 Å². The predicted octanol–water partition coefficient (Wildman–Crippen LogP) is 2.88. The zero-order valence-electron chi connectivity index (χ0n) is 17.6. The van der Waals surface area contributed by atoms with E-state index < -0.39 is 11.6 Å². The highest BCUT2D eigenvalue weighted by Gasteiger charge is 2.29. The van der Waals surface area contributed by atoms with Crippen LogP contribution in [0.25, 0.3) is 0 Å². The number of hydrogen-bond donors (Lipinski definition) is 3. The first kappa shape index (κ1) is 22.5. The SMILES string of the molecule is CC(C)(C)OC(=O)CNC(=O)C1CCCC(NC(=O)NCC2CCCCC2)C1. The van der Waals surface area contributed by atoms with E-state index in [1.807, 2.05) is 0 Å². The van der Waals surface area contributed by atoms with Gasteiger partial charge in [0, 0.05) is 18.5 Å². The Kier molecular flexibility index (Phi) is 8.58. The lowest BCUT2D eigenvalue weighted by atomic mass is 9.85. The standard InChI is InChI=1S/C21H37N3O4/c1-21(2,3)28-18(25)14-22-19(26)16-10-7-11-17(12-16)24-20(27)23-13-15-8-5-4-6-9-15/h15-17H,4-14H2,1-3H3,(H,22,26)(H2,23,24,27). The van der Waals surface area contributed by atoms with Crippen LogP contribution in [-0.4, -0.2) is 42.6 Å². The summed E-state index contributed by atoms with van der Waals surface area (Å²) in [4.78, 5) is 36.3. The number of hydrogen-bond acceptors (Lipinski definition) is 4. The van der Waals surface area contributed by atoms with Crippen LogP contribution >= 0.6 is 0 Å². The molecule has 2 rings (SSSR count). The Balaban J connectivity index is 1.68. The second kappa shape index (κ2) is 10.7. The molecule has 2 atom stereocenters. The second-order valence-electron chi connectivity index (χ2n) is 9.22. The van der Waals surface area contributed by atoms with E-state index in [0.717, 1.165) is 25.8 Å². The zero-order chi connectivity index (χ0) is 20.6. The van der Waals surface area contributed by atoms with Gasteiger partial charge in [-0.3, -0.25) is 9.59 Å². The number of rotatable bonds is 6. The maximum absolute atomic E-state index is 12.4. The summed E-state index contributed by atoms with van der Waals surface area (Å²) in [5.74, 6) is -0.162. The third-order valence-corrected chi connectivity index (χ3v) is 5.48. The molecule has 0 aromatic heterocycles. The van der Waals surface area contributed by atoms with Crippen LogP contribution < -0.4 is 16.0 Å². The summed E-state index contributed by atoms with van der Waals surface area (Å²) < 4.78 is 5.21. The van der Waals surface area contributed by atoms with Crippen molar-refractivity contribution < 1.29 is 19.1 Å². The van der Waals surface area contributed by atoms with Gasteiger partial charge in [-0.1, -0.05) is 25.7 Å². The topological polar surface area (TPSA) is 96.5 Å². The lowest BCUT2D eigenvalue weighted by Crippen LogP contribution is -2.47. The van der Waals surface area contributed by atoms with Gasteiger partial charge in [0.2, 0.25) is 5.91 Å². The summed E-state index contributed by atoms with van der Waals surface area (Å²) >= 11 is 0. The van der Waals surface area contributed by atoms with Crippen LogP contribution in [0.1, 0.15) is 78.6 Å². The Labute approximate surface area is 168 Å². The van der Waals surface area contributed by atoms with Gasteiger partial charge >= 0.3 is 12.0 Å². The average molecular weight is 396 g/mol. The third-order valence-electron chi connectivity index (χ3n) is 5.48. The van der Waals surface area contributed by atoms with Gasteiger partial charge in [-0.15, -0.1) is 0 Å². The molecule has 3 amide bonds. The van der Waals surface area contributed by atoms with Gasteiger partial charge in [0.05, 0.1) is 0 Å². The fraction of sp³-hybridized carbons (Fsp3) is 0.857. The molecule has 0 aliphatic heterocycles. The maximum atomic E-state index is 12.4. The highest BCUT2D eigenvalue weighted by molar-refractivity contribution is 5.83. The molecule has 0 saturated heterocycles. The largest absolute Gasteiger partial charge is 0.459 e. The molecule has 2 fully saturated rings. The van der Waals surface area contributed by atoms with Crippen molar-refractivity contribution in [2.75, 3.05) is 13.1 Å². The Morgan fingerprint density at radius 1 is 0.929 bits per heavy atom. The summed E-state index contributed by atoms with van der Waals surface area (Å²) in [6.07, 6.45) is 9.38. The fourth-order valence-electron chi connectivity index (χ4n) is 4.10. The predicted molar refractivity (Wildman–Crippen MR) is 108 cm³/mol.